The van der Waals surface area contributed by atoms with Gasteiger partial charge in [0.2, 0.25) is 0 Å². The van der Waals surface area contributed by atoms with Crippen LogP contribution in [0.15, 0.2) is 50.5 Å². The summed E-state index contributed by atoms with van der Waals surface area (Å²) in [7, 11) is 1.40. The molecule has 0 saturated carbocycles. The predicted molar refractivity (Wildman–Crippen MR) is 109 cm³/mol. The van der Waals surface area contributed by atoms with Crippen molar-refractivity contribution < 1.29 is 18.7 Å². The van der Waals surface area contributed by atoms with Crippen molar-refractivity contribution in [1.29, 1.82) is 0 Å². The maximum Gasteiger partial charge on any atom is 0.332 e. The highest BCUT2D eigenvalue weighted by Gasteiger charge is 2.19. The Kier molecular flexibility index (Phi) is 6.17. The van der Waals surface area contributed by atoms with Crippen LogP contribution in [0.1, 0.15) is 12.5 Å². The Morgan fingerprint density at radius 3 is 2.59 bits per heavy atom. The van der Waals surface area contributed by atoms with Gasteiger partial charge in [-0.3, -0.25) is 18.7 Å². The van der Waals surface area contributed by atoms with E-state index >= 15 is 0 Å². The fourth-order valence-electron chi connectivity index (χ4n) is 3.05. The van der Waals surface area contributed by atoms with E-state index in [1.807, 2.05) is 0 Å². The largest absolute Gasteiger partial charge is 0.496 e. The number of nitrogens with zero attached hydrogens (tertiary/aromatic N) is 2. The monoisotopic (exact) mass is 464 g/mol. The summed E-state index contributed by atoms with van der Waals surface area (Å²) in [6.07, 6.45) is 0. The van der Waals surface area contributed by atoms with E-state index in [9.17, 15) is 18.8 Å². The van der Waals surface area contributed by atoms with Gasteiger partial charge in [-0.15, -0.1) is 0 Å². The van der Waals surface area contributed by atoms with Crippen LogP contribution >= 0.6 is 15.9 Å². The Hall–Kier alpha value is -2.94. The molecule has 0 unspecified atom stereocenters. The molecule has 0 spiro atoms. The van der Waals surface area contributed by atoms with Crippen molar-refractivity contribution in [2.45, 2.75) is 20.0 Å². The van der Waals surface area contributed by atoms with Crippen LogP contribution in [0.5, 0.6) is 5.75 Å². The Bertz CT molecular complexity index is 1200. The third-order valence-corrected chi connectivity index (χ3v) is 4.87. The maximum atomic E-state index is 14.3. The van der Waals surface area contributed by atoms with Crippen LogP contribution in [-0.4, -0.2) is 28.8 Å². The van der Waals surface area contributed by atoms with Crippen LogP contribution in [-0.2, 0) is 22.6 Å². The highest BCUT2D eigenvalue weighted by molar-refractivity contribution is 9.10. The van der Waals surface area contributed by atoms with E-state index in [0.717, 1.165) is 9.13 Å². The Morgan fingerprint density at radius 2 is 1.93 bits per heavy atom. The molecule has 3 aromatic rings. The molecule has 0 atom stereocenters. The lowest BCUT2D eigenvalue weighted by molar-refractivity contribution is -0.143. The SMILES string of the molecule is CCOC(=O)Cn1c(=O)n(Cc2ccc(Br)cc2F)c(=O)c2c(OC)cccc21. The molecule has 2 aromatic carbocycles. The minimum Gasteiger partial charge on any atom is -0.496 e. The number of fused-ring (bicyclic) bond motifs is 1. The van der Waals surface area contributed by atoms with Crippen molar-refractivity contribution in [2.75, 3.05) is 13.7 Å². The maximum absolute atomic E-state index is 14.3. The van der Waals surface area contributed by atoms with Gasteiger partial charge in [-0.2, -0.15) is 0 Å². The summed E-state index contributed by atoms with van der Waals surface area (Å²) in [6, 6.07) is 9.08. The predicted octanol–water partition coefficient (Wildman–Crippen LogP) is 2.68. The zero-order valence-electron chi connectivity index (χ0n) is 15.8. The van der Waals surface area contributed by atoms with Gasteiger partial charge in [0.05, 0.1) is 25.8 Å². The second-order valence-electron chi connectivity index (χ2n) is 6.16. The van der Waals surface area contributed by atoms with Crippen molar-refractivity contribution in [3.05, 3.63) is 73.1 Å². The number of methoxy groups -OCH3 is 1. The van der Waals surface area contributed by atoms with Crippen LogP contribution in [0.3, 0.4) is 0 Å². The molecule has 0 radical (unpaired) electrons. The number of hydrogen-bond donors (Lipinski definition) is 0. The van der Waals surface area contributed by atoms with Gasteiger partial charge >= 0.3 is 11.7 Å². The van der Waals surface area contributed by atoms with Crippen molar-refractivity contribution in [3.63, 3.8) is 0 Å². The highest BCUT2D eigenvalue weighted by atomic mass is 79.9. The Balaban J connectivity index is 2.27. The molecular weight excluding hydrogens is 447 g/mol. The van der Waals surface area contributed by atoms with Gasteiger partial charge in [-0.1, -0.05) is 28.1 Å². The molecule has 0 aliphatic rings. The molecule has 3 rings (SSSR count). The van der Waals surface area contributed by atoms with Crippen molar-refractivity contribution in [1.82, 2.24) is 9.13 Å². The molecule has 29 heavy (non-hydrogen) atoms. The molecule has 7 nitrogen and oxygen atoms in total. The van der Waals surface area contributed by atoms with Crippen LogP contribution in [0.25, 0.3) is 10.9 Å². The molecule has 0 fully saturated rings. The molecular formula is C20H18BrFN2O5. The van der Waals surface area contributed by atoms with E-state index in [1.165, 1.54) is 19.2 Å². The number of rotatable bonds is 6. The lowest BCUT2D eigenvalue weighted by Gasteiger charge is -2.15. The second-order valence-corrected chi connectivity index (χ2v) is 7.07. The number of benzene rings is 2. The topological polar surface area (TPSA) is 79.5 Å². The van der Waals surface area contributed by atoms with Crippen LogP contribution in [0.4, 0.5) is 4.39 Å². The average molecular weight is 465 g/mol. The summed E-state index contributed by atoms with van der Waals surface area (Å²) < 4.78 is 27.1. The summed E-state index contributed by atoms with van der Waals surface area (Å²) in [5, 5.41) is 0.122. The smallest absolute Gasteiger partial charge is 0.332 e. The molecule has 1 aromatic heterocycles. The molecule has 0 bridgehead atoms. The summed E-state index contributed by atoms with van der Waals surface area (Å²) in [4.78, 5) is 38.2. The normalized spacial score (nSPS) is 10.9. The van der Waals surface area contributed by atoms with E-state index < -0.39 is 23.0 Å². The van der Waals surface area contributed by atoms with Gasteiger partial charge < -0.3 is 9.47 Å². The molecule has 0 aliphatic heterocycles. The van der Waals surface area contributed by atoms with Crippen molar-refractivity contribution in [2.24, 2.45) is 0 Å². The number of esters is 1. The van der Waals surface area contributed by atoms with E-state index in [-0.39, 0.29) is 41.9 Å². The zero-order chi connectivity index (χ0) is 21.1. The highest BCUT2D eigenvalue weighted by Crippen LogP contribution is 2.22. The first kappa shape index (κ1) is 20.8. The van der Waals surface area contributed by atoms with Gasteiger partial charge in [0.25, 0.3) is 5.56 Å². The molecule has 152 valence electrons. The minimum atomic E-state index is -0.744. The lowest BCUT2D eigenvalue weighted by atomic mass is 10.2. The van der Waals surface area contributed by atoms with Crippen molar-refractivity contribution >= 4 is 32.8 Å². The molecule has 0 saturated heterocycles. The first-order valence-corrected chi connectivity index (χ1v) is 9.56. The molecule has 0 N–H and O–H groups in total. The first-order valence-electron chi connectivity index (χ1n) is 8.77. The van der Waals surface area contributed by atoms with Crippen LogP contribution in [0, 0.1) is 5.82 Å². The number of halogens is 2. The Morgan fingerprint density at radius 1 is 1.17 bits per heavy atom. The fourth-order valence-corrected chi connectivity index (χ4v) is 3.38. The van der Waals surface area contributed by atoms with Crippen LogP contribution < -0.4 is 16.0 Å². The van der Waals surface area contributed by atoms with Gasteiger partial charge in [-0.05, 0) is 31.2 Å². The standard InChI is InChI=1S/C20H18BrFN2O5/c1-3-29-17(25)11-23-15-5-4-6-16(28-2)18(15)19(26)24(20(23)27)10-12-7-8-13(21)9-14(12)22/h4-9H,3,10-11H2,1-2H3. The number of aromatic nitrogens is 2. The summed E-state index contributed by atoms with van der Waals surface area (Å²) in [6.45, 7) is 1.12. The molecule has 1 heterocycles. The third-order valence-electron chi connectivity index (χ3n) is 4.37. The molecule has 0 amide bonds. The van der Waals surface area contributed by atoms with Gasteiger partial charge in [0.1, 0.15) is 23.5 Å². The number of carbonyl (C=O) groups is 1. The summed E-state index contributed by atoms with van der Waals surface area (Å²) in [5.41, 5.74) is -0.986. The quantitative estimate of drug-likeness (QED) is 0.524. The zero-order valence-corrected chi connectivity index (χ0v) is 17.4. The van der Waals surface area contributed by atoms with Gasteiger partial charge in [0.15, 0.2) is 0 Å². The second kappa shape index (κ2) is 8.60. The van der Waals surface area contributed by atoms with Crippen LogP contribution in [0.2, 0.25) is 0 Å². The number of ether oxygens (including phenoxy) is 2. The minimum absolute atomic E-state index is 0.122. The van der Waals surface area contributed by atoms with E-state index in [2.05, 4.69) is 15.9 Å². The van der Waals surface area contributed by atoms with E-state index in [0.29, 0.717) is 4.47 Å². The van der Waals surface area contributed by atoms with E-state index in [4.69, 9.17) is 9.47 Å². The third kappa shape index (κ3) is 4.09. The summed E-state index contributed by atoms with van der Waals surface area (Å²) >= 11 is 3.17. The fraction of sp³-hybridized carbons (Fsp3) is 0.250. The number of carbonyl (C=O) groups excluding carboxylic acids is 1. The average Bonchev–Trinajstić information content (AvgIpc) is 2.69. The van der Waals surface area contributed by atoms with Gasteiger partial charge in [-0.25, -0.2) is 9.18 Å². The van der Waals surface area contributed by atoms with Gasteiger partial charge in [0, 0.05) is 10.0 Å². The Labute approximate surface area is 173 Å². The summed E-state index contributed by atoms with van der Waals surface area (Å²) in [5.74, 6) is -0.948. The lowest BCUT2D eigenvalue weighted by Crippen LogP contribution is -2.41. The first-order chi connectivity index (χ1) is 13.9. The molecule has 0 aliphatic carbocycles. The molecule has 9 heteroatoms. The number of hydrogen-bond acceptors (Lipinski definition) is 5. The van der Waals surface area contributed by atoms with E-state index in [1.54, 1.807) is 31.2 Å². The van der Waals surface area contributed by atoms with Crippen molar-refractivity contribution in [3.8, 4) is 5.75 Å².